The summed E-state index contributed by atoms with van der Waals surface area (Å²) in [6.07, 6.45) is 0. The average Bonchev–Trinajstić information content (AvgIpc) is 2.45. The molecule has 0 saturated heterocycles. The Kier molecular flexibility index (Phi) is 6.81. The first-order chi connectivity index (χ1) is 10.9. The molecule has 0 bridgehead atoms. The van der Waals surface area contributed by atoms with E-state index in [0.29, 0.717) is 22.3 Å². The fourth-order valence-corrected chi connectivity index (χ4v) is 3.78. The molecule has 0 radical (unpaired) electrons. The number of halogens is 2. The minimum Gasteiger partial charge on any atom is -0.388 e. The Morgan fingerprint density at radius 3 is 2.13 bits per heavy atom. The summed E-state index contributed by atoms with van der Waals surface area (Å²) in [6.45, 7) is 2.40. The summed E-state index contributed by atoms with van der Waals surface area (Å²) in [6, 6.07) is 14.0. The van der Waals surface area contributed by atoms with Crippen molar-refractivity contribution in [1.29, 1.82) is 0 Å². The van der Waals surface area contributed by atoms with E-state index < -0.39 is 5.60 Å². The number of benzene rings is 2. The van der Waals surface area contributed by atoms with Crippen LogP contribution in [0.2, 0.25) is 10.0 Å². The molecule has 1 aromatic rings. The van der Waals surface area contributed by atoms with Crippen molar-refractivity contribution in [3.05, 3.63) is 68.5 Å². The van der Waals surface area contributed by atoms with Crippen molar-refractivity contribution in [3.8, 4) is 0 Å². The lowest BCUT2D eigenvalue weighted by Crippen LogP contribution is -2.38. The number of likely N-dealkylation sites (N-methyl/N-ethyl adjacent to an activating group) is 1. The Morgan fingerprint density at radius 2 is 1.70 bits per heavy atom. The van der Waals surface area contributed by atoms with E-state index in [1.54, 1.807) is 17.8 Å². The summed E-state index contributed by atoms with van der Waals surface area (Å²) in [5.41, 5.74) is 0.347. The van der Waals surface area contributed by atoms with E-state index in [9.17, 15) is 5.11 Å². The first kappa shape index (κ1) is 18.6. The van der Waals surface area contributed by atoms with Crippen LogP contribution in [-0.2, 0) is 5.75 Å². The molecule has 124 valence electrons. The Hall–Kier alpha value is -0.710. The van der Waals surface area contributed by atoms with Gasteiger partial charge < -0.3 is 10.4 Å². The van der Waals surface area contributed by atoms with Crippen LogP contribution in [0.1, 0.15) is 12.5 Å². The molecule has 2 N–H and O–H groups in total. The fourth-order valence-electron chi connectivity index (χ4n) is 2.11. The van der Waals surface area contributed by atoms with Gasteiger partial charge in [0.05, 0.1) is 5.60 Å². The normalized spacial score (nSPS) is 13.8. The van der Waals surface area contributed by atoms with Gasteiger partial charge in [0, 0.05) is 28.1 Å². The summed E-state index contributed by atoms with van der Waals surface area (Å²) >= 11 is 13.5. The molecule has 23 heavy (non-hydrogen) atoms. The molecule has 3 rings (SSSR count). The smallest absolute Gasteiger partial charge is 0.0833 e. The van der Waals surface area contributed by atoms with Crippen LogP contribution in [0, 0.1) is 10.4 Å². The lowest BCUT2D eigenvalue weighted by atomic mass is 10.1. The van der Waals surface area contributed by atoms with E-state index in [-0.39, 0.29) is 0 Å². The lowest BCUT2D eigenvalue weighted by Gasteiger charge is -2.22. The highest BCUT2D eigenvalue weighted by Gasteiger charge is 2.19. The van der Waals surface area contributed by atoms with Crippen molar-refractivity contribution in [2.45, 2.75) is 18.3 Å². The summed E-state index contributed by atoms with van der Waals surface area (Å²) in [5, 5.41) is 17.1. The molecule has 0 saturated carbocycles. The van der Waals surface area contributed by atoms with Crippen LogP contribution in [0.25, 0.3) is 0 Å². The molecule has 2 nitrogen and oxygen atoms in total. The first-order valence-electron chi connectivity index (χ1n) is 7.40. The van der Waals surface area contributed by atoms with E-state index in [1.807, 2.05) is 26.1 Å². The number of rotatable bonds is 6. The van der Waals surface area contributed by atoms with E-state index in [0.717, 1.165) is 11.3 Å². The SMILES string of the molecule is CNCC(C)(O)CSCc1ccc(Cl)cc1Cl.c1cc2ccc1=2. The Balaban J connectivity index is 0.000000260. The quantitative estimate of drug-likeness (QED) is 0.671. The average molecular weight is 370 g/mol. The molecule has 5 heteroatoms. The van der Waals surface area contributed by atoms with Crippen molar-refractivity contribution < 1.29 is 5.11 Å². The van der Waals surface area contributed by atoms with Crippen LogP contribution in [-0.4, -0.2) is 30.1 Å². The van der Waals surface area contributed by atoms with Crippen LogP contribution in [0.15, 0.2) is 42.5 Å². The number of aliphatic hydroxyl groups is 1. The van der Waals surface area contributed by atoms with Gasteiger partial charge in [-0.25, -0.2) is 0 Å². The summed E-state index contributed by atoms with van der Waals surface area (Å²) in [4.78, 5) is 0. The first-order valence-corrected chi connectivity index (χ1v) is 9.31. The third kappa shape index (κ3) is 5.70. The van der Waals surface area contributed by atoms with Crippen LogP contribution in [0.5, 0.6) is 0 Å². The highest BCUT2D eigenvalue weighted by molar-refractivity contribution is 7.98. The molecular weight excluding hydrogens is 349 g/mol. The Morgan fingerprint density at radius 1 is 1.09 bits per heavy atom. The molecule has 2 aliphatic carbocycles. The molecule has 2 aliphatic rings. The molecule has 0 aromatic heterocycles. The van der Waals surface area contributed by atoms with E-state index in [1.165, 1.54) is 10.4 Å². The minimum atomic E-state index is -0.696. The van der Waals surface area contributed by atoms with E-state index >= 15 is 0 Å². The monoisotopic (exact) mass is 369 g/mol. The van der Waals surface area contributed by atoms with E-state index in [4.69, 9.17) is 23.2 Å². The standard InChI is InChI=1S/C12H17Cl2NOS.C6H4/c1-12(16,7-15-2)8-17-6-9-3-4-10(13)5-11(9)14;1-2-6-4-3-5(1)6/h3-5,15-16H,6-8H2,1-2H3;1-4H. The van der Waals surface area contributed by atoms with Gasteiger partial charge in [-0.05, 0) is 42.1 Å². The highest BCUT2D eigenvalue weighted by Crippen LogP contribution is 2.26. The van der Waals surface area contributed by atoms with Crippen LogP contribution < -0.4 is 5.32 Å². The second-order valence-electron chi connectivity index (χ2n) is 5.83. The zero-order valence-corrected chi connectivity index (χ0v) is 15.6. The third-order valence-electron chi connectivity index (χ3n) is 3.46. The Labute approximate surface area is 151 Å². The van der Waals surface area contributed by atoms with Gasteiger partial charge in [-0.2, -0.15) is 11.8 Å². The molecule has 1 atom stereocenters. The Bertz CT molecular complexity index is 699. The maximum atomic E-state index is 9.97. The lowest BCUT2D eigenvalue weighted by molar-refractivity contribution is 0.0871. The second kappa shape index (κ2) is 8.41. The topological polar surface area (TPSA) is 32.3 Å². The predicted molar refractivity (Wildman–Crippen MR) is 101 cm³/mol. The van der Waals surface area contributed by atoms with Gasteiger partial charge in [0.2, 0.25) is 0 Å². The molecule has 1 aromatic carbocycles. The van der Waals surface area contributed by atoms with Crippen molar-refractivity contribution in [2.75, 3.05) is 19.3 Å². The molecule has 0 amide bonds. The van der Waals surface area contributed by atoms with Crippen molar-refractivity contribution in [1.82, 2.24) is 5.32 Å². The molecule has 1 unspecified atom stereocenters. The van der Waals surface area contributed by atoms with Gasteiger partial charge in [0.1, 0.15) is 0 Å². The van der Waals surface area contributed by atoms with Gasteiger partial charge in [-0.1, -0.05) is 53.5 Å². The zero-order valence-electron chi connectivity index (χ0n) is 13.3. The van der Waals surface area contributed by atoms with Crippen LogP contribution >= 0.6 is 35.0 Å². The second-order valence-corrected chi connectivity index (χ2v) is 7.66. The van der Waals surface area contributed by atoms with Crippen molar-refractivity contribution in [3.63, 3.8) is 0 Å². The van der Waals surface area contributed by atoms with Gasteiger partial charge in [0.25, 0.3) is 0 Å². The zero-order chi connectivity index (χ0) is 16.9. The van der Waals surface area contributed by atoms with Crippen molar-refractivity contribution >= 4 is 35.0 Å². The summed E-state index contributed by atoms with van der Waals surface area (Å²) in [7, 11) is 1.83. The highest BCUT2D eigenvalue weighted by atomic mass is 35.5. The predicted octanol–water partition coefficient (Wildman–Crippen LogP) is 4.48. The number of hydrogen-bond acceptors (Lipinski definition) is 3. The largest absolute Gasteiger partial charge is 0.388 e. The summed E-state index contributed by atoms with van der Waals surface area (Å²) < 4.78 is 0. The third-order valence-corrected chi connectivity index (χ3v) is 5.39. The van der Waals surface area contributed by atoms with Gasteiger partial charge in [-0.3, -0.25) is 0 Å². The molecule has 0 heterocycles. The van der Waals surface area contributed by atoms with Crippen LogP contribution in [0.4, 0.5) is 0 Å². The fraction of sp³-hybridized carbons (Fsp3) is 0.333. The maximum absolute atomic E-state index is 9.97. The van der Waals surface area contributed by atoms with Crippen LogP contribution in [0.3, 0.4) is 0 Å². The van der Waals surface area contributed by atoms with Crippen molar-refractivity contribution in [2.24, 2.45) is 0 Å². The number of thioether (sulfide) groups is 1. The molecule has 0 fully saturated rings. The number of nitrogens with one attached hydrogen (secondary N) is 1. The molecule has 0 aliphatic heterocycles. The molecule has 0 spiro atoms. The summed E-state index contributed by atoms with van der Waals surface area (Å²) in [5.74, 6) is 1.43. The maximum Gasteiger partial charge on any atom is 0.0833 e. The molecular formula is C18H21Cl2NOS. The van der Waals surface area contributed by atoms with Gasteiger partial charge in [-0.15, -0.1) is 0 Å². The minimum absolute atomic E-state index is 0.578. The van der Waals surface area contributed by atoms with Gasteiger partial charge >= 0.3 is 0 Å². The number of hydrogen-bond donors (Lipinski definition) is 2. The van der Waals surface area contributed by atoms with Gasteiger partial charge in [0.15, 0.2) is 0 Å². The van der Waals surface area contributed by atoms with E-state index in [2.05, 4.69) is 29.6 Å².